The molecule has 0 atom stereocenters. The quantitative estimate of drug-likeness (QED) is 0.723. The minimum atomic E-state index is -0.140. The molecule has 0 spiro atoms. The van der Waals surface area contributed by atoms with Crippen LogP contribution in [0.15, 0.2) is 41.3 Å². The van der Waals surface area contributed by atoms with E-state index in [1.165, 1.54) is 0 Å². The van der Waals surface area contributed by atoms with Crippen LogP contribution in [0.1, 0.15) is 15.9 Å². The monoisotopic (exact) mass is 231 g/mol. The number of rotatable bonds is 4. The van der Waals surface area contributed by atoms with Gasteiger partial charge in [0, 0.05) is 23.9 Å². The van der Waals surface area contributed by atoms with E-state index in [4.69, 9.17) is 0 Å². The molecule has 0 saturated heterocycles. The van der Waals surface area contributed by atoms with E-state index in [2.05, 4.69) is 15.5 Å². The third-order valence-electron chi connectivity index (χ3n) is 2.44. The predicted molar refractivity (Wildman–Crippen MR) is 63.9 cm³/mol. The first kappa shape index (κ1) is 11.2. The van der Waals surface area contributed by atoms with Crippen molar-refractivity contribution >= 4 is 5.91 Å². The van der Waals surface area contributed by atoms with Crippen molar-refractivity contribution < 1.29 is 4.79 Å². The number of aromatic amines is 2. The van der Waals surface area contributed by atoms with Crippen molar-refractivity contribution in [2.24, 2.45) is 0 Å². The number of benzene rings is 1. The Hall–Kier alpha value is -2.30. The Kier molecular flexibility index (Phi) is 3.40. The maximum absolute atomic E-state index is 11.7. The summed E-state index contributed by atoms with van der Waals surface area (Å²) in [5.41, 5.74) is 1.12. The average Bonchev–Trinajstić information content (AvgIpc) is 2.76. The lowest BCUT2D eigenvalue weighted by molar-refractivity contribution is 0.0954. The van der Waals surface area contributed by atoms with Gasteiger partial charge in [-0.15, -0.1) is 0 Å². The molecule has 5 heteroatoms. The van der Waals surface area contributed by atoms with Crippen LogP contribution in [0.3, 0.4) is 0 Å². The molecule has 17 heavy (non-hydrogen) atoms. The van der Waals surface area contributed by atoms with Crippen molar-refractivity contribution in [3.8, 4) is 0 Å². The SMILES string of the molecule is O=C(NCCc1c[nH][nH]c1=O)c1ccccc1. The maximum Gasteiger partial charge on any atom is 0.267 e. The van der Waals surface area contributed by atoms with E-state index in [1.807, 2.05) is 18.2 Å². The Labute approximate surface area is 97.9 Å². The number of amides is 1. The first-order valence-corrected chi connectivity index (χ1v) is 5.35. The highest BCUT2D eigenvalue weighted by atomic mass is 16.1. The Morgan fingerprint density at radius 3 is 2.65 bits per heavy atom. The van der Waals surface area contributed by atoms with Crippen molar-refractivity contribution in [2.75, 3.05) is 6.54 Å². The Morgan fingerprint density at radius 2 is 2.00 bits per heavy atom. The molecule has 88 valence electrons. The highest BCUT2D eigenvalue weighted by Crippen LogP contribution is 1.97. The minimum absolute atomic E-state index is 0.127. The molecule has 0 bridgehead atoms. The molecule has 0 aliphatic rings. The van der Waals surface area contributed by atoms with Crippen LogP contribution in [-0.4, -0.2) is 22.6 Å². The van der Waals surface area contributed by atoms with Gasteiger partial charge in [0.1, 0.15) is 0 Å². The Balaban J connectivity index is 1.86. The predicted octanol–water partition coefficient (Wildman–Crippen LogP) is 0.675. The zero-order chi connectivity index (χ0) is 12.1. The number of aromatic nitrogens is 2. The van der Waals surface area contributed by atoms with Gasteiger partial charge in [0.05, 0.1) is 0 Å². The van der Waals surface area contributed by atoms with Crippen molar-refractivity contribution in [2.45, 2.75) is 6.42 Å². The van der Waals surface area contributed by atoms with Gasteiger partial charge in [0.25, 0.3) is 11.5 Å². The highest BCUT2D eigenvalue weighted by Gasteiger charge is 2.04. The first-order chi connectivity index (χ1) is 8.27. The van der Waals surface area contributed by atoms with Gasteiger partial charge in [-0.3, -0.25) is 14.7 Å². The van der Waals surface area contributed by atoms with Crippen LogP contribution in [0.5, 0.6) is 0 Å². The summed E-state index contributed by atoms with van der Waals surface area (Å²) in [6.07, 6.45) is 2.12. The molecule has 0 radical (unpaired) electrons. The summed E-state index contributed by atoms with van der Waals surface area (Å²) in [6.45, 7) is 0.439. The van der Waals surface area contributed by atoms with Crippen LogP contribution in [0, 0.1) is 0 Å². The van der Waals surface area contributed by atoms with Gasteiger partial charge in [0.2, 0.25) is 0 Å². The fraction of sp³-hybridized carbons (Fsp3) is 0.167. The molecule has 3 N–H and O–H groups in total. The van der Waals surface area contributed by atoms with Crippen molar-refractivity contribution in [3.63, 3.8) is 0 Å². The third-order valence-corrected chi connectivity index (χ3v) is 2.44. The van der Waals surface area contributed by atoms with Crippen molar-refractivity contribution in [1.29, 1.82) is 0 Å². The highest BCUT2D eigenvalue weighted by molar-refractivity contribution is 5.94. The van der Waals surface area contributed by atoms with E-state index in [0.29, 0.717) is 24.1 Å². The van der Waals surface area contributed by atoms with Crippen LogP contribution in [-0.2, 0) is 6.42 Å². The molecule has 0 aliphatic carbocycles. The Morgan fingerprint density at radius 1 is 1.24 bits per heavy atom. The number of carbonyl (C=O) groups excluding carboxylic acids is 1. The standard InChI is InChI=1S/C12H13N3O2/c16-11(9-4-2-1-3-5-9)13-7-6-10-8-14-15-12(10)17/h1-5,8H,6-7H2,(H,13,16)(H2,14,15,17). The van der Waals surface area contributed by atoms with E-state index in [-0.39, 0.29) is 11.5 Å². The van der Waals surface area contributed by atoms with Crippen LogP contribution >= 0.6 is 0 Å². The largest absolute Gasteiger partial charge is 0.352 e. The smallest absolute Gasteiger partial charge is 0.267 e. The molecular weight excluding hydrogens is 218 g/mol. The molecule has 0 saturated carbocycles. The summed E-state index contributed by atoms with van der Waals surface area (Å²) in [6, 6.07) is 8.98. The average molecular weight is 231 g/mol. The number of carbonyl (C=O) groups is 1. The van der Waals surface area contributed by atoms with Gasteiger partial charge < -0.3 is 10.4 Å². The lowest BCUT2D eigenvalue weighted by atomic mass is 10.2. The van der Waals surface area contributed by atoms with Crippen LogP contribution in [0.2, 0.25) is 0 Å². The van der Waals surface area contributed by atoms with Gasteiger partial charge in [0.15, 0.2) is 0 Å². The normalized spacial score (nSPS) is 10.1. The first-order valence-electron chi connectivity index (χ1n) is 5.35. The van der Waals surface area contributed by atoms with Gasteiger partial charge in [-0.1, -0.05) is 18.2 Å². The number of nitrogens with one attached hydrogen (secondary N) is 3. The van der Waals surface area contributed by atoms with Gasteiger partial charge in [-0.25, -0.2) is 0 Å². The molecule has 0 unspecified atom stereocenters. The van der Waals surface area contributed by atoms with Crippen LogP contribution < -0.4 is 10.9 Å². The summed E-state index contributed by atoms with van der Waals surface area (Å²) in [7, 11) is 0. The van der Waals surface area contributed by atoms with Gasteiger partial charge in [-0.05, 0) is 18.6 Å². The molecule has 1 heterocycles. The van der Waals surface area contributed by atoms with Crippen LogP contribution in [0.4, 0.5) is 0 Å². The third kappa shape index (κ3) is 2.84. The van der Waals surface area contributed by atoms with E-state index < -0.39 is 0 Å². The maximum atomic E-state index is 11.7. The summed E-state index contributed by atoms with van der Waals surface area (Å²) in [4.78, 5) is 22.8. The molecule has 1 amide bonds. The molecule has 0 fully saturated rings. The zero-order valence-corrected chi connectivity index (χ0v) is 9.19. The summed E-state index contributed by atoms with van der Waals surface area (Å²) < 4.78 is 0. The van der Waals surface area contributed by atoms with E-state index >= 15 is 0 Å². The number of hydrogen-bond acceptors (Lipinski definition) is 2. The number of hydrogen-bond donors (Lipinski definition) is 3. The second-order valence-corrected chi connectivity index (χ2v) is 3.64. The zero-order valence-electron chi connectivity index (χ0n) is 9.19. The summed E-state index contributed by atoms with van der Waals surface area (Å²) in [5, 5.41) is 7.82. The van der Waals surface area contributed by atoms with Crippen molar-refractivity contribution in [1.82, 2.24) is 15.5 Å². The molecule has 1 aromatic heterocycles. The fourth-order valence-corrected chi connectivity index (χ4v) is 1.52. The fourth-order valence-electron chi connectivity index (χ4n) is 1.52. The van der Waals surface area contributed by atoms with Gasteiger partial charge >= 0.3 is 0 Å². The lowest BCUT2D eigenvalue weighted by Crippen LogP contribution is -2.26. The minimum Gasteiger partial charge on any atom is -0.352 e. The molecular formula is C12H13N3O2. The Bertz CT molecular complexity index is 542. The topological polar surface area (TPSA) is 77.8 Å². The molecule has 5 nitrogen and oxygen atoms in total. The second kappa shape index (κ2) is 5.16. The molecule has 2 aromatic rings. The van der Waals surface area contributed by atoms with Crippen molar-refractivity contribution in [3.05, 3.63) is 58.0 Å². The van der Waals surface area contributed by atoms with E-state index in [9.17, 15) is 9.59 Å². The second-order valence-electron chi connectivity index (χ2n) is 3.64. The van der Waals surface area contributed by atoms with E-state index in [1.54, 1.807) is 18.3 Å². The molecule has 0 aliphatic heterocycles. The van der Waals surface area contributed by atoms with E-state index in [0.717, 1.165) is 0 Å². The summed E-state index contributed by atoms with van der Waals surface area (Å²) >= 11 is 0. The molecule has 1 aromatic carbocycles. The van der Waals surface area contributed by atoms with Crippen LogP contribution in [0.25, 0.3) is 0 Å². The van der Waals surface area contributed by atoms with Gasteiger partial charge in [-0.2, -0.15) is 0 Å². The number of H-pyrrole nitrogens is 2. The summed E-state index contributed by atoms with van der Waals surface area (Å²) in [5.74, 6) is -0.127. The lowest BCUT2D eigenvalue weighted by Gasteiger charge is -2.03. The molecule has 2 rings (SSSR count).